The molecule has 0 radical (unpaired) electrons. The molecule has 27 heavy (non-hydrogen) atoms. The molecule has 0 unspecified atom stereocenters. The number of benzene rings is 2. The van der Waals surface area contributed by atoms with Crippen molar-refractivity contribution in [2.24, 2.45) is 0 Å². The minimum absolute atomic E-state index is 0. The maximum Gasteiger partial charge on any atom is 1.00 e. The molecule has 6 nitrogen and oxygen atoms in total. The number of hydrogen-bond acceptors (Lipinski definition) is 2. The molecular weight excluding hydrogens is 531 g/mol. The molecule has 0 aromatic heterocycles. The first-order valence-electron chi connectivity index (χ1n) is 5.96. The molecule has 0 aliphatic carbocycles. The zero-order valence-electron chi connectivity index (χ0n) is 14.5. The summed E-state index contributed by atoms with van der Waals surface area (Å²) in [4.78, 5) is 45.3. The molecule has 0 spiro atoms. The van der Waals surface area contributed by atoms with E-state index in [0.29, 0.717) is 20.1 Å². The van der Waals surface area contributed by atoms with E-state index in [2.05, 4.69) is 23.6 Å². The molecule has 0 amide bonds. The first-order chi connectivity index (χ1) is 11.6. The minimum Gasteiger partial charge on any atom is -1.00 e. The average Bonchev–Trinajstić information content (AvgIpc) is 2.34. The topological polar surface area (TPSA) is 121 Å². The van der Waals surface area contributed by atoms with Crippen molar-refractivity contribution in [3.05, 3.63) is 68.6 Å². The van der Waals surface area contributed by atoms with Gasteiger partial charge in [-0.05, 0) is 60.0 Å². The molecule has 0 fully saturated rings. The number of hydrogen-bond donors (Lipinski definition) is 6. The standard InChI is InChI=1S/2C6H4Cl2.Na.2H3O3PS.H/c2*7-5-2-1-3-6(8)4-5;;2*1-4(2,3)5;/h2*1-4H;;2*(H3,1,2,3,5);/q;;+1;;;-1. The molecule has 150 valence electrons. The number of rotatable bonds is 0. The molecule has 0 saturated carbocycles. The molecule has 0 saturated heterocycles. The first kappa shape index (κ1) is 33.3. The van der Waals surface area contributed by atoms with Crippen molar-refractivity contribution in [3.8, 4) is 0 Å². The van der Waals surface area contributed by atoms with Gasteiger partial charge in [0, 0.05) is 20.1 Å². The molecule has 0 bridgehead atoms. The maximum absolute atomic E-state index is 7.56. The second-order valence-electron chi connectivity index (χ2n) is 3.91. The Hall–Kier alpha value is 1.66. The van der Waals surface area contributed by atoms with Crippen LogP contribution in [0.25, 0.3) is 0 Å². The summed E-state index contributed by atoms with van der Waals surface area (Å²) in [6, 6.07) is 14.2. The third-order valence-electron chi connectivity index (χ3n) is 1.57. The van der Waals surface area contributed by atoms with Gasteiger partial charge in [0.1, 0.15) is 0 Å². The molecule has 0 atom stereocenters. The van der Waals surface area contributed by atoms with Gasteiger partial charge in [-0.15, -0.1) is 0 Å². The molecule has 0 aliphatic heterocycles. The predicted molar refractivity (Wildman–Crippen MR) is 116 cm³/mol. The van der Waals surface area contributed by atoms with Crippen LogP contribution in [0.5, 0.6) is 0 Å². The fourth-order valence-corrected chi connectivity index (χ4v) is 1.79. The predicted octanol–water partition coefficient (Wildman–Crippen LogP) is 1.48. The van der Waals surface area contributed by atoms with E-state index in [-0.39, 0.29) is 31.0 Å². The maximum atomic E-state index is 7.56. The quantitative estimate of drug-likeness (QED) is 0.217. The van der Waals surface area contributed by atoms with Crippen molar-refractivity contribution in [2.45, 2.75) is 0 Å². The summed E-state index contributed by atoms with van der Waals surface area (Å²) in [5, 5.41) is 2.71. The van der Waals surface area contributed by atoms with Crippen molar-refractivity contribution in [1.82, 2.24) is 0 Å². The summed E-state index contributed by atoms with van der Waals surface area (Å²) in [6.45, 7) is -7.61. The molecule has 0 aliphatic rings. The van der Waals surface area contributed by atoms with E-state index in [0.717, 1.165) is 0 Å². The van der Waals surface area contributed by atoms with E-state index in [1.807, 2.05) is 12.1 Å². The van der Waals surface area contributed by atoms with Crippen LogP contribution in [0.2, 0.25) is 20.1 Å². The van der Waals surface area contributed by atoms with Gasteiger partial charge in [0.15, 0.2) is 0 Å². The fraction of sp³-hybridized carbons (Fsp3) is 0. The molecule has 2 aromatic carbocycles. The Kier molecular flexibility index (Phi) is 21.4. The van der Waals surface area contributed by atoms with Crippen LogP contribution in [0.4, 0.5) is 0 Å². The van der Waals surface area contributed by atoms with E-state index in [9.17, 15) is 0 Å². The normalized spacial score (nSPS) is 9.85. The van der Waals surface area contributed by atoms with Crippen LogP contribution in [0.1, 0.15) is 1.43 Å². The van der Waals surface area contributed by atoms with E-state index >= 15 is 0 Å². The van der Waals surface area contributed by atoms with Crippen LogP contribution in [-0.2, 0) is 23.6 Å². The van der Waals surface area contributed by atoms with Crippen LogP contribution in [0, 0.1) is 0 Å². The van der Waals surface area contributed by atoms with Gasteiger partial charge >= 0.3 is 43.0 Å². The third-order valence-corrected chi connectivity index (χ3v) is 2.51. The minimum atomic E-state index is -3.81. The van der Waals surface area contributed by atoms with Crippen LogP contribution in [0.15, 0.2) is 48.5 Å². The fourth-order valence-electron chi connectivity index (χ4n) is 0.920. The van der Waals surface area contributed by atoms with Crippen LogP contribution < -0.4 is 29.6 Å². The van der Waals surface area contributed by atoms with E-state index in [1.165, 1.54) is 0 Å². The molecule has 6 N–H and O–H groups in total. The van der Waals surface area contributed by atoms with Gasteiger partial charge in [-0.1, -0.05) is 58.5 Å². The Bertz CT molecular complexity index is 654. The summed E-state index contributed by atoms with van der Waals surface area (Å²) in [7, 11) is 0. The molecule has 15 heteroatoms. The van der Waals surface area contributed by atoms with Crippen molar-refractivity contribution < 1.29 is 60.3 Å². The van der Waals surface area contributed by atoms with Gasteiger partial charge in [-0.2, -0.15) is 0 Å². The summed E-state index contributed by atoms with van der Waals surface area (Å²) >= 11 is 29.5. The van der Waals surface area contributed by atoms with Gasteiger partial charge in [0.05, 0.1) is 0 Å². The largest absolute Gasteiger partial charge is 1.00 e. The van der Waals surface area contributed by atoms with E-state index in [1.54, 1.807) is 36.4 Å². The molecule has 0 heterocycles. The monoisotopic (exact) mass is 544 g/mol. The Labute approximate surface area is 210 Å². The van der Waals surface area contributed by atoms with Crippen molar-refractivity contribution in [1.29, 1.82) is 0 Å². The van der Waals surface area contributed by atoms with Gasteiger partial charge < -0.3 is 30.8 Å². The SMILES string of the molecule is Clc1cccc(Cl)c1.Clc1cccc(Cl)c1.OP(O)(O)=S.OP(O)(O)=S.[H-].[Na+]. The summed E-state index contributed by atoms with van der Waals surface area (Å²) in [5.41, 5.74) is 0. The van der Waals surface area contributed by atoms with Gasteiger partial charge in [0.2, 0.25) is 0 Å². The Morgan fingerprint density at radius 1 is 0.593 bits per heavy atom. The van der Waals surface area contributed by atoms with Crippen LogP contribution >= 0.6 is 59.8 Å². The van der Waals surface area contributed by atoms with Crippen LogP contribution in [-0.4, -0.2) is 29.4 Å². The molecule has 2 rings (SSSR count). The third kappa shape index (κ3) is 38.8. The van der Waals surface area contributed by atoms with Gasteiger partial charge in [0.25, 0.3) is 0 Å². The summed E-state index contributed by atoms with van der Waals surface area (Å²) < 4.78 is 0. The average molecular weight is 546 g/mol. The van der Waals surface area contributed by atoms with Crippen molar-refractivity contribution in [3.63, 3.8) is 0 Å². The van der Waals surface area contributed by atoms with Crippen molar-refractivity contribution >= 4 is 83.5 Å². The van der Waals surface area contributed by atoms with E-state index < -0.39 is 13.4 Å². The second-order valence-corrected chi connectivity index (χ2v) is 10.6. The van der Waals surface area contributed by atoms with Gasteiger partial charge in [-0.3, -0.25) is 0 Å². The van der Waals surface area contributed by atoms with Crippen LogP contribution in [0.3, 0.4) is 0 Å². The smallest absolute Gasteiger partial charge is 1.00 e. The summed E-state index contributed by atoms with van der Waals surface area (Å²) in [5.74, 6) is 0. The first-order valence-corrected chi connectivity index (χ1v) is 12.8. The van der Waals surface area contributed by atoms with E-state index in [4.69, 9.17) is 75.8 Å². The zero-order chi connectivity index (χ0) is 21.0. The number of halogens is 4. The van der Waals surface area contributed by atoms with Crippen molar-refractivity contribution in [2.75, 3.05) is 0 Å². The summed E-state index contributed by atoms with van der Waals surface area (Å²) in [6.07, 6.45) is 0. The zero-order valence-corrected chi connectivity index (χ0v) is 22.0. The van der Waals surface area contributed by atoms with Gasteiger partial charge in [-0.25, -0.2) is 0 Å². The Balaban J connectivity index is -0.000000138. The molecule has 2 aromatic rings. The molecular formula is C12H15Cl4NaO6P2S2. The Morgan fingerprint density at radius 2 is 0.741 bits per heavy atom. The second kappa shape index (κ2) is 17.4. The Morgan fingerprint density at radius 3 is 0.815 bits per heavy atom.